The fourth-order valence-electron chi connectivity index (χ4n) is 1.51. The number of amidine groups is 1. The van der Waals surface area contributed by atoms with Gasteiger partial charge in [0, 0.05) is 25.2 Å². The van der Waals surface area contributed by atoms with Crippen LogP contribution < -0.4 is 11.1 Å². The van der Waals surface area contributed by atoms with Crippen LogP contribution in [-0.2, 0) is 6.54 Å². The molecule has 100 valence electrons. The van der Waals surface area contributed by atoms with E-state index in [1.54, 1.807) is 0 Å². The minimum atomic E-state index is 0.138. The number of oxime groups is 1. The molecule has 0 amide bonds. The summed E-state index contributed by atoms with van der Waals surface area (Å²) in [6.07, 6.45) is 0. The SMILES string of the molecule is CCN(C)CCNCc1ccc(C(N)=NO)cc1. The zero-order valence-corrected chi connectivity index (χ0v) is 11.1. The lowest BCUT2D eigenvalue weighted by Gasteiger charge is -2.14. The molecule has 0 spiro atoms. The van der Waals surface area contributed by atoms with Crippen molar-refractivity contribution in [3.8, 4) is 0 Å². The maximum atomic E-state index is 8.55. The lowest BCUT2D eigenvalue weighted by Crippen LogP contribution is -2.28. The summed E-state index contributed by atoms with van der Waals surface area (Å²) in [5, 5.41) is 14.9. The molecular formula is C13H22N4O. The van der Waals surface area contributed by atoms with Gasteiger partial charge in [-0.05, 0) is 19.2 Å². The third kappa shape index (κ3) is 4.73. The Bertz CT molecular complexity index is 375. The monoisotopic (exact) mass is 250 g/mol. The van der Waals surface area contributed by atoms with Gasteiger partial charge in [0.05, 0.1) is 0 Å². The van der Waals surface area contributed by atoms with Gasteiger partial charge in [-0.25, -0.2) is 0 Å². The Balaban J connectivity index is 2.36. The van der Waals surface area contributed by atoms with E-state index in [4.69, 9.17) is 10.9 Å². The maximum Gasteiger partial charge on any atom is 0.170 e. The van der Waals surface area contributed by atoms with Crippen LogP contribution in [-0.4, -0.2) is 42.6 Å². The van der Waals surface area contributed by atoms with Crippen LogP contribution in [0.15, 0.2) is 29.4 Å². The first-order valence-electron chi connectivity index (χ1n) is 6.13. The Morgan fingerprint density at radius 1 is 1.39 bits per heavy atom. The van der Waals surface area contributed by atoms with Gasteiger partial charge in [-0.1, -0.05) is 36.3 Å². The minimum Gasteiger partial charge on any atom is -0.409 e. The highest BCUT2D eigenvalue weighted by molar-refractivity contribution is 5.96. The Morgan fingerprint density at radius 3 is 2.61 bits per heavy atom. The second-order valence-electron chi connectivity index (χ2n) is 4.25. The number of likely N-dealkylation sites (N-methyl/N-ethyl adjacent to an activating group) is 1. The van der Waals surface area contributed by atoms with Crippen molar-refractivity contribution in [2.75, 3.05) is 26.7 Å². The molecule has 0 fully saturated rings. The van der Waals surface area contributed by atoms with Crippen molar-refractivity contribution in [3.63, 3.8) is 0 Å². The van der Waals surface area contributed by atoms with E-state index < -0.39 is 0 Å². The number of hydrogen-bond donors (Lipinski definition) is 3. The molecule has 0 heterocycles. The molecule has 1 aromatic rings. The molecule has 4 N–H and O–H groups in total. The molecule has 0 atom stereocenters. The summed E-state index contributed by atoms with van der Waals surface area (Å²) in [5.41, 5.74) is 7.41. The molecular weight excluding hydrogens is 228 g/mol. The van der Waals surface area contributed by atoms with Crippen molar-refractivity contribution in [2.45, 2.75) is 13.5 Å². The standard InChI is InChI=1S/C13H22N4O/c1-3-17(2)9-8-15-10-11-4-6-12(7-5-11)13(14)16-18/h4-7,15,18H,3,8-10H2,1-2H3,(H2,14,16). The second-order valence-corrected chi connectivity index (χ2v) is 4.25. The van der Waals surface area contributed by atoms with E-state index in [9.17, 15) is 0 Å². The zero-order chi connectivity index (χ0) is 13.4. The fraction of sp³-hybridized carbons (Fsp3) is 0.462. The van der Waals surface area contributed by atoms with E-state index >= 15 is 0 Å². The summed E-state index contributed by atoms with van der Waals surface area (Å²) in [4.78, 5) is 2.26. The quantitative estimate of drug-likeness (QED) is 0.220. The Hall–Kier alpha value is -1.59. The third-order valence-corrected chi connectivity index (χ3v) is 2.90. The van der Waals surface area contributed by atoms with E-state index in [1.165, 1.54) is 5.56 Å². The predicted molar refractivity (Wildman–Crippen MR) is 73.8 cm³/mol. The lowest BCUT2D eigenvalue weighted by atomic mass is 10.1. The largest absolute Gasteiger partial charge is 0.409 e. The van der Waals surface area contributed by atoms with Crippen LogP contribution in [0.25, 0.3) is 0 Å². The van der Waals surface area contributed by atoms with E-state index in [-0.39, 0.29) is 5.84 Å². The van der Waals surface area contributed by atoms with Gasteiger partial charge in [-0.3, -0.25) is 0 Å². The van der Waals surface area contributed by atoms with Crippen LogP contribution in [0.5, 0.6) is 0 Å². The number of rotatable bonds is 7. The Kier molecular flexibility index (Phi) is 6.18. The summed E-state index contributed by atoms with van der Waals surface area (Å²) in [6, 6.07) is 7.66. The molecule has 1 aromatic carbocycles. The van der Waals surface area contributed by atoms with Gasteiger partial charge in [0.25, 0.3) is 0 Å². The number of benzene rings is 1. The third-order valence-electron chi connectivity index (χ3n) is 2.90. The van der Waals surface area contributed by atoms with Gasteiger partial charge >= 0.3 is 0 Å². The van der Waals surface area contributed by atoms with Gasteiger partial charge < -0.3 is 21.2 Å². The van der Waals surface area contributed by atoms with E-state index in [0.29, 0.717) is 0 Å². The predicted octanol–water partition coefficient (Wildman–Crippen LogP) is 0.822. The first kappa shape index (κ1) is 14.5. The highest BCUT2D eigenvalue weighted by atomic mass is 16.4. The van der Waals surface area contributed by atoms with Crippen LogP contribution in [0, 0.1) is 0 Å². The summed E-state index contributed by atoms with van der Waals surface area (Å²) in [7, 11) is 2.10. The summed E-state index contributed by atoms with van der Waals surface area (Å²) >= 11 is 0. The Morgan fingerprint density at radius 2 is 2.06 bits per heavy atom. The van der Waals surface area contributed by atoms with Crippen LogP contribution in [0.1, 0.15) is 18.1 Å². The van der Waals surface area contributed by atoms with Crippen molar-refractivity contribution in [2.24, 2.45) is 10.9 Å². The second kappa shape index (κ2) is 7.68. The highest BCUT2D eigenvalue weighted by Gasteiger charge is 1.99. The molecule has 0 aliphatic carbocycles. The summed E-state index contributed by atoms with van der Waals surface area (Å²) in [6.45, 7) is 6.04. The molecule has 0 saturated heterocycles. The molecule has 5 nitrogen and oxygen atoms in total. The first-order valence-corrected chi connectivity index (χ1v) is 6.13. The van der Waals surface area contributed by atoms with Gasteiger partial charge in [-0.2, -0.15) is 0 Å². The van der Waals surface area contributed by atoms with Crippen LogP contribution in [0.2, 0.25) is 0 Å². The number of nitrogens with two attached hydrogens (primary N) is 1. The molecule has 0 unspecified atom stereocenters. The van der Waals surface area contributed by atoms with Crippen LogP contribution in [0.4, 0.5) is 0 Å². The number of hydrogen-bond acceptors (Lipinski definition) is 4. The molecule has 0 aliphatic heterocycles. The zero-order valence-electron chi connectivity index (χ0n) is 11.1. The average Bonchev–Trinajstić information content (AvgIpc) is 2.43. The van der Waals surface area contributed by atoms with Crippen molar-refractivity contribution in [1.82, 2.24) is 10.2 Å². The Labute approximate surface area is 108 Å². The van der Waals surface area contributed by atoms with Crippen LogP contribution in [0.3, 0.4) is 0 Å². The molecule has 18 heavy (non-hydrogen) atoms. The minimum absolute atomic E-state index is 0.138. The summed E-state index contributed by atoms with van der Waals surface area (Å²) < 4.78 is 0. The molecule has 0 aromatic heterocycles. The number of nitrogens with zero attached hydrogens (tertiary/aromatic N) is 2. The molecule has 0 bridgehead atoms. The van der Waals surface area contributed by atoms with Crippen LogP contribution >= 0.6 is 0 Å². The smallest absolute Gasteiger partial charge is 0.170 e. The topological polar surface area (TPSA) is 73.9 Å². The van der Waals surface area contributed by atoms with Crippen molar-refractivity contribution in [1.29, 1.82) is 0 Å². The van der Waals surface area contributed by atoms with Gasteiger partial charge in [-0.15, -0.1) is 0 Å². The first-order chi connectivity index (χ1) is 8.67. The molecule has 5 heteroatoms. The summed E-state index contributed by atoms with van der Waals surface area (Å²) in [5.74, 6) is 0.138. The van der Waals surface area contributed by atoms with Crippen molar-refractivity contribution in [3.05, 3.63) is 35.4 Å². The normalized spacial score (nSPS) is 12.1. The van der Waals surface area contributed by atoms with Crippen molar-refractivity contribution >= 4 is 5.84 Å². The van der Waals surface area contributed by atoms with E-state index in [1.807, 2.05) is 24.3 Å². The van der Waals surface area contributed by atoms with Gasteiger partial charge in [0.1, 0.15) is 0 Å². The lowest BCUT2D eigenvalue weighted by molar-refractivity contribution is 0.318. The molecule has 0 aliphatic rings. The van der Waals surface area contributed by atoms with E-state index in [0.717, 1.165) is 31.7 Å². The van der Waals surface area contributed by atoms with E-state index in [2.05, 4.69) is 29.3 Å². The fourth-order valence-corrected chi connectivity index (χ4v) is 1.51. The molecule has 0 radical (unpaired) electrons. The number of nitrogens with one attached hydrogen (secondary N) is 1. The molecule has 0 saturated carbocycles. The van der Waals surface area contributed by atoms with Crippen molar-refractivity contribution < 1.29 is 5.21 Å². The van der Waals surface area contributed by atoms with Gasteiger partial charge in [0.15, 0.2) is 5.84 Å². The molecule has 1 rings (SSSR count). The maximum absolute atomic E-state index is 8.55. The highest BCUT2D eigenvalue weighted by Crippen LogP contribution is 2.03. The van der Waals surface area contributed by atoms with Gasteiger partial charge in [0.2, 0.25) is 0 Å². The average molecular weight is 250 g/mol.